The van der Waals surface area contributed by atoms with Crippen LogP contribution in [0.4, 0.5) is 8.78 Å². The Morgan fingerprint density at radius 1 is 1.38 bits per heavy atom. The average molecular weight is 364 g/mol. The Kier molecular flexibility index (Phi) is 6.19. The van der Waals surface area contributed by atoms with Gasteiger partial charge in [0.15, 0.2) is 12.2 Å². The Balaban J connectivity index is 0.00000220. The Hall–Kier alpha value is -1.58. The van der Waals surface area contributed by atoms with E-state index in [4.69, 9.17) is 10.00 Å². The Bertz CT molecular complexity index is 730. The molecule has 0 bridgehead atoms. The van der Waals surface area contributed by atoms with Crippen molar-refractivity contribution in [3.05, 3.63) is 52.3 Å². The molecule has 2 rings (SSSR count). The van der Waals surface area contributed by atoms with E-state index in [2.05, 4.69) is 6.07 Å². The van der Waals surface area contributed by atoms with Crippen molar-refractivity contribution < 1.29 is 46.2 Å². The van der Waals surface area contributed by atoms with Crippen molar-refractivity contribution in [3.8, 4) is 23.1 Å². The predicted octanol–water partition coefficient (Wildman–Crippen LogP) is 2.03. The third-order valence-corrected chi connectivity index (χ3v) is 2.67. The number of halogens is 2. The van der Waals surface area contributed by atoms with Gasteiger partial charge in [0, 0.05) is 51.9 Å². The molecule has 1 aromatic heterocycles. The van der Waals surface area contributed by atoms with Gasteiger partial charge in [-0.2, -0.15) is 17.4 Å². The number of hydrogen-bond acceptors (Lipinski definition) is 3. The molecule has 1 heterocycles. The molecule has 0 aliphatic rings. The smallest absolute Gasteiger partial charge is 0.194 e. The molecule has 1 aromatic carbocycles. The standard InChI is InChI=1S/C14H9F2N2O2.Y/c1-18-12(3-2-4-13(18)19)14-10(15)7-9(8-11(14)16)20-6-5-17;/h2,4,7-8H,6H2,1H3;/q-1;. The summed E-state index contributed by atoms with van der Waals surface area (Å²) in [5, 5.41) is 8.36. The van der Waals surface area contributed by atoms with Crippen LogP contribution in [0.2, 0.25) is 0 Å². The molecule has 0 amide bonds. The van der Waals surface area contributed by atoms with Crippen molar-refractivity contribution in [2.45, 2.75) is 0 Å². The van der Waals surface area contributed by atoms with Crippen LogP contribution < -0.4 is 10.3 Å². The third kappa shape index (κ3) is 3.75. The monoisotopic (exact) mass is 364 g/mol. The molecule has 0 aliphatic carbocycles. The molecular weight excluding hydrogens is 355 g/mol. The van der Waals surface area contributed by atoms with E-state index in [0.29, 0.717) is 0 Å². The average Bonchev–Trinajstić information content (AvgIpc) is 2.40. The van der Waals surface area contributed by atoms with Gasteiger partial charge in [0.05, 0.1) is 11.6 Å². The summed E-state index contributed by atoms with van der Waals surface area (Å²) in [5.41, 5.74) is -0.767. The van der Waals surface area contributed by atoms with Crippen LogP contribution in [0.1, 0.15) is 0 Å². The number of rotatable bonds is 3. The van der Waals surface area contributed by atoms with Gasteiger partial charge in [-0.25, -0.2) is 8.78 Å². The summed E-state index contributed by atoms with van der Waals surface area (Å²) in [6.45, 7) is -0.311. The van der Waals surface area contributed by atoms with Crippen molar-refractivity contribution in [2.75, 3.05) is 6.61 Å². The molecule has 0 N–H and O–H groups in total. The summed E-state index contributed by atoms with van der Waals surface area (Å²) in [4.78, 5) is 11.5. The minimum Gasteiger partial charge on any atom is -0.479 e. The quantitative estimate of drug-likeness (QED) is 0.784. The number of ether oxygens (including phenoxy) is 1. The number of benzene rings is 1. The largest absolute Gasteiger partial charge is 0.479 e. The van der Waals surface area contributed by atoms with Gasteiger partial charge >= 0.3 is 0 Å². The van der Waals surface area contributed by atoms with Gasteiger partial charge in [0.1, 0.15) is 11.8 Å². The minimum atomic E-state index is -0.893. The number of nitrogens with zero attached hydrogens (tertiary/aromatic N) is 2. The van der Waals surface area contributed by atoms with Gasteiger partial charge in [0.25, 0.3) is 0 Å². The second-order valence-electron chi connectivity index (χ2n) is 3.93. The molecule has 2 aromatic rings. The van der Waals surface area contributed by atoms with Gasteiger partial charge < -0.3 is 9.30 Å². The number of nitriles is 1. The van der Waals surface area contributed by atoms with E-state index in [1.807, 2.05) is 0 Å². The topological polar surface area (TPSA) is 55.0 Å². The van der Waals surface area contributed by atoms with Crippen LogP contribution in [0.25, 0.3) is 11.3 Å². The SMILES string of the molecule is Cn1c(-c2c(F)cc(OCC#N)cc2F)[c-]ccc1=O.[Y]. The second kappa shape index (κ2) is 7.44. The van der Waals surface area contributed by atoms with E-state index in [1.165, 1.54) is 19.2 Å². The van der Waals surface area contributed by atoms with Crippen LogP contribution in [-0.2, 0) is 39.8 Å². The van der Waals surface area contributed by atoms with Gasteiger partial charge in [-0.15, -0.1) is 0 Å². The molecule has 0 fully saturated rings. The zero-order valence-corrected chi connectivity index (χ0v) is 13.9. The van der Waals surface area contributed by atoms with Gasteiger partial charge in [-0.1, -0.05) is 11.8 Å². The first kappa shape index (κ1) is 17.5. The molecule has 7 heteroatoms. The molecule has 0 atom stereocenters. The summed E-state index contributed by atoms with van der Waals surface area (Å²) in [6, 6.07) is 8.79. The van der Waals surface area contributed by atoms with E-state index >= 15 is 0 Å². The van der Waals surface area contributed by atoms with Crippen molar-refractivity contribution >= 4 is 0 Å². The van der Waals surface area contributed by atoms with Gasteiger partial charge in [-0.05, 0) is 5.56 Å². The molecule has 0 spiro atoms. The first-order valence-electron chi connectivity index (χ1n) is 5.61. The van der Waals surface area contributed by atoms with Crippen LogP contribution in [0.15, 0.2) is 29.1 Å². The fourth-order valence-electron chi connectivity index (χ4n) is 1.73. The van der Waals surface area contributed by atoms with Crippen LogP contribution in [0, 0.1) is 29.0 Å². The molecule has 0 aliphatic heterocycles. The maximum Gasteiger partial charge on any atom is 0.194 e. The zero-order valence-electron chi connectivity index (χ0n) is 11.1. The Labute approximate surface area is 144 Å². The zero-order chi connectivity index (χ0) is 14.7. The third-order valence-electron chi connectivity index (χ3n) is 2.67. The van der Waals surface area contributed by atoms with Gasteiger partial charge in [0.2, 0.25) is 0 Å². The van der Waals surface area contributed by atoms with Crippen molar-refractivity contribution in [2.24, 2.45) is 7.05 Å². The predicted molar refractivity (Wildman–Crippen MR) is 67.0 cm³/mol. The number of hydrogen-bond donors (Lipinski definition) is 0. The molecular formula is C14H9F2N2O2Y-. The molecule has 0 saturated heterocycles. The fourth-order valence-corrected chi connectivity index (χ4v) is 1.73. The maximum absolute atomic E-state index is 14.0. The first-order chi connectivity index (χ1) is 9.54. The molecule has 1 radical (unpaired) electrons. The normalized spacial score (nSPS) is 9.62. The molecule has 105 valence electrons. The van der Waals surface area contributed by atoms with E-state index < -0.39 is 17.2 Å². The Morgan fingerprint density at radius 3 is 2.57 bits per heavy atom. The van der Waals surface area contributed by atoms with Crippen LogP contribution in [0.3, 0.4) is 0 Å². The summed E-state index contributed by atoms with van der Waals surface area (Å²) >= 11 is 0. The van der Waals surface area contributed by atoms with Crippen molar-refractivity contribution in [1.29, 1.82) is 5.26 Å². The Morgan fingerprint density at radius 2 is 2.00 bits per heavy atom. The van der Waals surface area contributed by atoms with E-state index in [1.54, 1.807) is 6.07 Å². The van der Waals surface area contributed by atoms with E-state index in [-0.39, 0.29) is 56.3 Å². The molecule has 4 nitrogen and oxygen atoms in total. The summed E-state index contributed by atoms with van der Waals surface area (Å²) < 4.78 is 33.9. The van der Waals surface area contributed by atoms with Crippen molar-refractivity contribution in [1.82, 2.24) is 4.57 Å². The number of pyridine rings is 1. The summed E-state index contributed by atoms with van der Waals surface area (Å²) in [5.74, 6) is -1.88. The summed E-state index contributed by atoms with van der Waals surface area (Å²) in [7, 11) is 1.40. The van der Waals surface area contributed by atoms with E-state index in [0.717, 1.165) is 16.7 Å². The molecule has 0 unspecified atom stereocenters. The van der Waals surface area contributed by atoms with Crippen molar-refractivity contribution in [3.63, 3.8) is 0 Å². The first-order valence-corrected chi connectivity index (χ1v) is 5.61. The summed E-state index contributed by atoms with van der Waals surface area (Å²) in [6.07, 6.45) is 0. The maximum atomic E-state index is 14.0. The van der Waals surface area contributed by atoms with E-state index in [9.17, 15) is 13.6 Å². The molecule has 21 heavy (non-hydrogen) atoms. The minimum absolute atomic E-state index is 0. The fraction of sp³-hybridized carbons (Fsp3) is 0.143. The van der Waals surface area contributed by atoms with Crippen LogP contribution >= 0.6 is 0 Å². The van der Waals surface area contributed by atoms with Crippen LogP contribution in [-0.4, -0.2) is 11.2 Å². The number of aromatic nitrogens is 1. The van der Waals surface area contributed by atoms with Gasteiger partial charge in [-0.3, -0.25) is 4.79 Å². The molecule has 0 saturated carbocycles. The second-order valence-corrected chi connectivity index (χ2v) is 3.93. The van der Waals surface area contributed by atoms with Crippen LogP contribution in [0.5, 0.6) is 5.75 Å².